The molecule has 0 spiro atoms. The molecule has 2 N–H and O–H groups in total. The Morgan fingerprint density at radius 1 is 1.03 bits per heavy atom. The Labute approximate surface area is 208 Å². The van der Waals surface area contributed by atoms with E-state index < -0.39 is 17.8 Å². The fraction of sp³-hybridized carbons (Fsp3) is 0.333. The van der Waals surface area contributed by atoms with E-state index in [1.165, 1.54) is 35.4 Å². The molecule has 1 fully saturated rings. The Balaban J connectivity index is 1.55. The number of benzene rings is 1. The fourth-order valence-corrected chi connectivity index (χ4v) is 4.37. The first-order valence-electron chi connectivity index (χ1n) is 12.1. The van der Waals surface area contributed by atoms with Crippen molar-refractivity contribution in [1.29, 1.82) is 0 Å². The van der Waals surface area contributed by atoms with Gasteiger partial charge in [0.05, 0.1) is 12.8 Å². The number of carbonyl (C=O) groups excluding carboxylic acids is 3. The highest BCUT2D eigenvalue weighted by atomic mass is 19.1. The number of hydrogen-bond donors (Lipinski definition) is 2. The van der Waals surface area contributed by atoms with E-state index in [0.29, 0.717) is 17.1 Å². The molecule has 0 saturated heterocycles. The number of nitrogens with zero attached hydrogens (tertiary/aromatic N) is 2. The summed E-state index contributed by atoms with van der Waals surface area (Å²) in [6, 6.07) is 13.1. The molecule has 0 radical (unpaired) electrons. The summed E-state index contributed by atoms with van der Waals surface area (Å²) < 4.78 is 19.2. The molecule has 1 aliphatic carbocycles. The Hall–Kier alpha value is -4.01. The summed E-state index contributed by atoms with van der Waals surface area (Å²) in [7, 11) is 0. The van der Waals surface area contributed by atoms with Crippen LogP contribution >= 0.6 is 0 Å². The number of rotatable bonds is 10. The summed E-state index contributed by atoms with van der Waals surface area (Å²) in [5.41, 5.74) is 0.477. The predicted molar refractivity (Wildman–Crippen MR) is 131 cm³/mol. The molecule has 36 heavy (non-hydrogen) atoms. The fourth-order valence-electron chi connectivity index (χ4n) is 4.37. The van der Waals surface area contributed by atoms with E-state index in [1.807, 2.05) is 0 Å². The Kier molecular flexibility index (Phi) is 8.44. The number of carbonyl (C=O) groups is 3. The van der Waals surface area contributed by atoms with Crippen LogP contribution in [0.1, 0.15) is 55.9 Å². The van der Waals surface area contributed by atoms with Gasteiger partial charge in [-0.25, -0.2) is 9.37 Å². The average Bonchev–Trinajstić information content (AvgIpc) is 3.58. The van der Waals surface area contributed by atoms with Gasteiger partial charge in [-0.2, -0.15) is 0 Å². The van der Waals surface area contributed by atoms with Crippen molar-refractivity contribution in [1.82, 2.24) is 15.2 Å². The van der Waals surface area contributed by atoms with Crippen molar-refractivity contribution in [2.24, 2.45) is 0 Å². The molecule has 0 aliphatic heterocycles. The third-order valence-electron chi connectivity index (χ3n) is 6.17. The molecule has 1 unspecified atom stereocenters. The van der Waals surface area contributed by atoms with E-state index in [4.69, 9.17) is 4.42 Å². The molecule has 1 aliphatic rings. The summed E-state index contributed by atoms with van der Waals surface area (Å²) in [6.45, 7) is 0.0216. The van der Waals surface area contributed by atoms with Crippen molar-refractivity contribution >= 4 is 23.5 Å². The van der Waals surface area contributed by atoms with Crippen molar-refractivity contribution in [2.45, 2.75) is 57.2 Å². The molecule has 8 nitrogen and oxygen atoms in total. The van der Waals surface area contributed by atoms with Crippen LogP contribution in [0, 0.1) is 5.82 Å². The van der Waals surface area contributed by atoms with Crippen molar-refractivity contribution in [3.63, 3.8) is 0 Å². The lowest BCUT2D eigenvalue weighted by Gasteiger charge is -2.32. The van der Waals surface area contributed by atoms with Crippen LogP contribution in [0.5, 0.6) is 0 Å². The zero-order chi connectivity index (χ0) is 25.3. The second-order valence-electron chi connectivity index (χ2n) is 8.81. The summed E-state index contributed by atoms with van der Waals surface area (Å²) in [4.78, 5) is 44.9. The first kappa shape index (κ1) is 25.1. The molecule has 0 bridgehead atoms. The third kappa shape index (κ3) is 6.78. The lowest BCUT2D eigenvalue weighted by Crippen LogP contribution is -2.46. The van der Waals surface area contributed by atoms with Gasteiger partial charge in [0.15, 0.2) is 0 Å². The number of anilines is 1. The van der Waals surface area contributed by atoms with Gasteiger partial charge in [-0.05, 0) is 54.8 Å². The van der Waals surface area contributed by atoms with Gasteiger partial charge in [-0.1, -0.05) is 31.0 Å². The Morgan fingerprint density at radius 2 is 1.81 bits per heavy atom. The average molecular weight is 493 g/mol. The monoisotopic (exact) mass is 492 g/mol. The molecule has 9 heteroatoms. The molecule has 3 aromatic rings. The van der Waals surface area contributed by atoms with Crippen molar-refractivity contribution in [3.8, 4) is 0 Å². The normalized spacial score (nSPS) is 14.2. The SMILES string of the molecule is O=C(CCC(=O)N(Cc1ccco1)C(C(=O)NC1CCCC1)c1ccc(F)cc1)Nc1ccccn1. The standard InChI is InChI=1S/C27H29FN4O4/c28-20-12-10-19(11-13-20)26(27(35)30-21-6-1-2-7-21)32(18-22-8-5-17-36-22)25(34)15-14-24(33)31-23-9-3-4-16-29-23/h3-5,8-13,16-17,21,26H,1-2,6-7,14-15,18H2,(H,30,35)(H,29,31,33). The molecular weight excluding hydrogens is 463 g/mol. The van der Waals surface area contributed by atoms with E-state index in [-0.39, 0.29) is 37.2 Å². The molecule has 2 heterocycles. The van der Waals surface area contributed by atoms with E-state index in [9.17, 15) is 18.8 Å². The number of furan rings is 1. The van der Waals surface area contributed by atoms with Gasteiger partial charge in [-0.15, -0.1) is 0 Å². The van der Waals surface area contributed by atoms with Gasteiger partial charge in [0, 0.05) is 25.1 Å². The lowest BCUT2D eigenvalue weighted by atomic mass is 10.0. The number of amides is 3. The minimum absolute atomic E-state index is 0.0216. The smallest absolute Gasteiger partial charge is 0.247 e. The van der Waals surface area contributed by atoms with Gasteiger partial charge < -0.3 is 20.0 Å². The highest BCUT2D eigenvalue weighted by Gasteiger charge is 2.33. The van der Waals surface area contributed by atoms with Crippen LogP contribution in [0.3, 0.4) is 0 Å². The zero-order valence-corrected chi connectivity index (χ0v) is 19.9. The molecular formula is C27H29FN4O4. The second-order valence-corrected chi connectivity index (χ2v) is 8.81. The van der Waals surface area contributed by atoms with E-state index in [0.717, 1.165) is 25.7 Å². The number of pyridine rings is 1. The quantitative estimate of drug-likeness (QED) is 0.438. The van der Waals surface area contributed by atoms with Crippen molar-refractivity contribution < 1.29 is 23.2 Å². The van der Waals surface area contributed by atoms with Crippen molar-refractivity contribution in [2.75, 3.05) is 5.32 Å². The third-order valence-corrected chi connectivity index (χ3v) is 6.17. The van der Waals surface area contributed by atoms with Crippen LogP contribution in [-0.4, -0.2) is 33.6 Å². The van der Waals surface area contributed by atoms with Gasteiger partial charge in [0.2, 0.25) is 17.7 Å². The topological polar surface area (TPSA) is 105 Å². The number of halogens is 1. The molecule has 1 saturated carbocycles. The highest BCUT2D eigenvalue weighted by molar-refractivity contribution is 5.94. The summed E-state index contributed by atoms with van der Waals surface area (Å²) in [5, 5.41) is 5.72. The number of hydrogen-bond acceptors (Lipinski definition) is 5. The van der Waals surface area contributed by atoms with Crippen LogP contribution in [0.2, 0.25) is 0 Å². The maximum Gasteiger partial charge on any atom is 0.247 e. The zero-order valence-electron chi connectivity index (χ0n) is 19.9. The van der Waals surface area contributed by atoms with E-state index >= 15 is 0 Å². The maximum atomic E-state index is 13.7. The van der Waals surface area contributed by atoms with Crippen LogP contribution in [-0.2, 0) is 20.9 Å². The molecule has 1 aromatic carbocycles. The Bertz CT molecular complexity index is 1150. The number of nitrogens with one attached hydrogen (secondary N) is 2. The van der Waals surface area contributed by atoms with Gasteiger partial charge in [0.25, 0.3) is 0 Å². The van der Waals surface area contributed by atoms with Crippen LogP contribution in [0.15, 0.2) is 71.5 Å². The minimum Gasteiger partial charge on any atom is -0.467 e. The minimum atomic E-state index is -1.01. The van der Waals surface area contributed by atoms with Crippen LogP contribution in [0.25, 0.3) is 0 Å². The van der Waals surface area contributed by atoms with E-state index in [1.54, 1.807) is 36.5 Å². The van der Waals surface area contributed by atoms with Gasteiger partial charge >= 0.3 is 0 Å². The van der Waals surface area contributed by atoms with Crippen LogP contribution < -0.4 is 10.6 Å². The number of aromatic nitrogens is 1. The molecule has 1 atom stereocenters. The van der Waals surface area contributed by atoms with Gasteiger partial charge in [-0.3, -0.25) is 14.4 Å². The lowest BCUT2D eigenvalue weighted by molar-refractivity contribution is -0.142. The van der Waals surface area contributed by atoms with Gasteiger partial charge in [0.1, 0.15) is 23.4 Å². The highest BCUT2D eigenvalue weighted by Crippen LogP contribution is 2.27. The predicted octanol–water partition coefficient (Wildman–Crippen LogP) is 4.36. The molecule has 188 valence electrons. The summed E-state index contributed by atoms with van der Waals surface area (Å²) in [5.74, 6) is -0.674. The molecule has 4 rings (SSSR count). The first-order valence-corrected chi connectivity index (χ1v) is 12.1. The molecule has 3 amide bonds. The van der Waals surface area contributed by atoms with Crippen LogP contribution in [0.4, 0.5) is 10.2 Å². The maximum absolute atomic E-state index is 13.7. The first-order chi connectivity index (χ1) is 17.5. The van der Waals surface area contributed by atoms with Crippen molar-refractivity contribution in [3.05, 3.63) is 84.2 Å². The Morgan fingerprint density at radius 3 is 2.47 bits per heavy atom. The van der Waals surface area contributed by atoms with E-state index in [2.05, 4.69) is 15.6 Å². The second kappa shape index (κ2) is 12.1. The summed E-state index contributed by atoms with van der Waals surface area (Å²) >= 11 is 0. The largest absolute Gasteiger partial charge is 0.467 e. The molecule has 2 aromatic heterocycles. The summed E-state index contributed by atoms with van der Waals surface area (Å²) in [6.07, 6.45) is 6.65.